The second-order valence-electron chi connectivity index (χ2n) is 5.60. The molecule has 0 bridgehead atoms. The van der Waals surface area contributed by atoms with Crippen molar-refractivity contribution in [3.8, 4) is 11.5 Å². The highest BCUT2D eigenvalue weighted by atomic mass is 35.5. The summed E-state index contributed by atoms with van der Waals surface area (Å²) in [6, 6.07) is 6.92. The summed E-state index contributed by atoms with van der Waals surface area (Å²) in [6.45, 7) is 4.07. The van der Waals surface area contributed by atoms with Gasteiger partial charge in [0.05, 0.1) is 6.33 Å². The molecule has 0 spiro atoms. The van der Waals surface area contributed by atoms with Crippen molar-refractivity contribution in [1.29, 1.82) is 0 Å². The third-order valence-corrected chi connectivity index (χ3v) is 3.50. The standard InChI is InChI=1S/C16H16ClN5O2/c1-10(2)16-20-15(21-24-16)13-7-22(9-18-13)8-14(23)19-12-5-3-11(17)4-6-12/h3-7,9-10H,8H2,1-2H3,(H,19,23). The van der Waals surface area contributed by atoms with Gasteiger partial charge < -0.3 is 14.4 Å². The molecule has 8 heteroatoms. The van der Waals surface area contributed by atoms with E-state index < -0.39 is 0 Å². The summed E-state index contributed by atoms with van der Waals surface area (Å²) >= 11 is 5.82. The lowest BCUT2D eigenvalue weighted by Crippen LogP contribution is -2.17. The highest BCUT2D eigenvalue weighted by Gasteiger charge is 2.14. The minimum Gasteiger partial charge on any atom is -0.339 e. The minimum absolute atomic E-state index is 0.129. The summed E-state index contributed by atoms with van der Waals surface area (Å²) < 4.78 is 6.82. The van der Waals surface area contributed by atoms with Gasteiger partial charge in [-0.15, -0.1) is 0 Å². The molecule has 124 valence electrons. The lowest BCUT2D eigenvalue weighted by molar-refractivity contribution is -0.116. The molecule has 0 saturated heterocycles. The summed E-state index contributed by atoms with van der Waals surface area (Å²) in [5, 5.41) is 7.31. The van der Waals surface area contributed by atoms with Gasteiger partial charge in [0.2, 0.25) is 17.6 Å². The monoisotopic (exact) mass is 345 g/mol. The zero-order valence-corrected chi connectivity index (χ0v) is 14.0. The van der Waals surface area contributed by atoms with Crippen molar-refractivity contribution in [2.45, 2.75) is 26.3 Å². The van der Waals surface area contributed by atoms with Gasteiger partial charge in [-0.2, -0.15) is 4.98 Å². The van der Waals surface area contributed by atoms with Crippen molar-refractivity contribution in [3.63, 3.8) is 0 Å². The van der Waals surface area contributed by atoms with Crippen molar-refractivity contribution >= 4 is 23.2 Å². The largest absolute Gasteiger partial charge is 0.339 e. The third-order valence-electron chi connectivity index (χ3n) is 3.25. The van der Waals surface area contributed by atoms with Gasteiger partial charge in [0.25, 0.3) is 0 Å². The van der Waals surface area contributed by atoms with Crippen LogP contribution in [0.3, 0.4) is 0 Å². The molecule has 0 aliphatic heterocycles. The molecule has 0 aliphatic carbocycles. The van der Waals surface area contributed by atoms with Crippen LogP contribution < -0.4 is 5.32 Å². The number of hydrogen-bond acceptors (Lipinski definition) is 5. The Hall–Kier alpha value is -2.67. The van der Waals surface area contributed by atoms with Crippen molar-refractivity contribution in [2.75, 3.05) is 5.32 Å². The number of hydrogen-bond donors (Lipinski definition) is 1. The van der Waals surface area contributed by atoms with E-state index in [1.165, 1.54) is 0 Å². The van der Waals surface area contributed by atoms with Gasteiger partial charge >= 0.3 is 0 Å². The van der Waals surface area contributed by atoms with Crippen molar-refractivity contribution in [3.05, 3.63) is 47.7 Å². The molecule has 0 aliphatic rings. The molecule has 2 heterocycles. The van der Waals surface area contributed by atoms with Crippen LogP contribution in [-0.4, -0.2) is 25.6 Å². The van der Waals surface area contributed by atoms with Crippen molar-refractivity contribution < 1.29 is 9.32 Å². The number of anilines is 1. The fourth-order valence-electron chi connectivity index (χ4n) is 2.04. The van der Waals surface area contributed by atoms with Crippen LogP contribution in [0.4, 0.5) is 5.69 Å². The van der Waals surface area contributed by atoms with E-state index in [9.17, 15) is 4.79 Å². The maximum absolute atomic E-state index is 12.1. The van der Waals surface area contributed by atoms with Gasteiger partial charge in [-0.3, -0.25) is 4.79 Å². The molecular weight excluding hydrogens is 330 g/mol. The molecule has 24 heavy (non-hydrogen) atoms. The summed E-state index contributed by atoms with van der Waals surface area (Å²) in [4.78, 5) is 20.6. The first kappa shape index (κ1) is 16.2. The predicted octanol–water partition coefficient (Wildman–Crippen LogP) is 3.35. The van der Waals surface area contributed by atoms with Crippen LogP contribution in [0, 0.1) is 0 Å². The molecule has 0 atom stereocenters. The zero-order valence-electron chi connectivity index (χ0n) is 13.2. The van der Waals surface area contributed by atoms with E-state index in [2.05, 4.69) is 20.4 Å². The van der Waals surface area contributed by atoms with Crippen LogP contribution in [-0.2, 0) is 11.3 Å². The van der Waals surface area contributed by atoms with Crippen molar-refractivity contribution in [1.82, 2.24) is 19.7 Å². The first-order valence-corrected chi connectivity index (χ1v) is 7.80. The fourth-order valence-corrected chi connectivity index (χ4v) is 2.16. The molecule has 3 rings (SSSR count). The van der Waals surface area contributed by atoms with Gasteiger partial charge in [0, 0.05) is 22.8 Å². The molecule has 7 nitrogen and oxygen atoms in total. The molecular formula is C16H16ClN5O2. The summed E-state index contributed by atoms with van der Waals surface area (Å²) in [7, 11) is 0. The summed E-state index contributed by atoms with van der Waals surface area (Å²) in [5.74, 6) is 0.950. The number of halogens is 1. The molecule has 0 radical (unpaired) electrons. The highest BCUT2D eigenvalue weighted by Crippen LogP contribution is 2.18. The maximum Gasteiger partial charge on any atom is 0.244 e. The van der Waals surface area contributed by atoms with Gasteiger partial charge in [0.1, 0.15) is 12.2 Å². The molecule has 0 fully saturated rings. The highest BCUT2D eigenvalue weighted by molar-refractivity contribution is 6.30. The number of rotatable bonds is 5. The van der Waals surface area contributed by atoms with Crippen LogP contribution in [0.1, 0.15) is 25.7 Å². The smallest absolute Gasteiger partial charge is 0.244 e. The van der Waals surface area contributed by atoms with E-state index in [1.54, 1.807) is 41.4 Å². The second-order valence-corrected chi connectivity index (χ2v) is 6.03. The molecule has 1 N–H and O–H groups in total. The van der Waals surface area contributed by atoms with Gasteiger partial charge in [-0.25, -0.2) is 4.98 Å². The number of imidazole rings is 1. The zero-order chi connectivity index (χ0) is 17.1. The average Bonchev–Trinajstić information content (AvgIpc) is 3.18. The Morgan fingerprint density at radius 1 is 1.33 bits per heavy atom. The SMILES string of the molecule is CC(C)c1nc(-c2cn(CC(=O)Nc3ccc(Cl)cc3)cn2)no1. The average molecular weight is 346 g/mol. The molecule has 1 aromatic carbocycles. The van der Waals surface area contributed by atoms with Crippen LogP contribution >= 0.6 is 11.6 Å². The second kappa shape index (κ2) is 6.84. The number of aromatic nitrogens is 4. The minimum atomic E-state index is -0.169. The Kier molecular flexibility index (Phi) is 4.61. The van der Waals surface area contributed by atoms with Crippen LogP contribution in [0.5, 0.6) is 0 Å². The number of carbonyl (C=O) groups is 1. The van der Waals surface area contributed by atoms with E-state index >= 15 is 0 Å². The summed E-state index contributed by atoms with van der Waals surface area (Å²) in [5.41, 5.74) is 1.24. The van der Waals surface area contributed by atoms with E-state index in [0.717, 1.165) is 0 Å². The van der Waals surface area contributed by atoms with Crippen molar-refractivity contribution in [2.24, 2.45) is 0 Å². The Labute approximate surface area is 143 Å². The number of benzene rings is 1. The van der Waals surface area contributed by atoms with E-state index in [4.69, 9.17) is 16.1 Å². The van der Waals surface area contributed by atoms with Crippen LogP contribution in [0.15, 0.2) is 41.3 Å². The normalized spacial score (nSPS) is 11.0. The van der Waals surface area contributed by atoms with Gasteiger partial charge in [-0.05, 0) is 24.3 Å². The molecule has 0 saturated carbocycles. The quantitative estimate of drug-likeness (QED) is 0.766. The Morgan fingerprint density at radius 2 is 2.08 bits per heavy atom. The predicted molar refractivity (Wildman–Crippen MR) is 89.7 cm³/mol. The first-order chi connectivity index (χ1) is 11.5. The third kappa shape index (κ3) is 3.80. The number of carbonyl (C=O) groups excluding carboxylic acids is 1. The lowest BCUT2D eigenvalue weighted by atomic mass is 10.2. The topological polar surface area (TPSA) is 85.8 Å². The van der Waals surface area contributed by atoms with Gasteiger partial charge in [-0.1, -0.05) is 30.6 Å². The fraction of sp³-hybridized carbons (Fsp3) is 0.250. The Balaban J connectivity index is 1.64. The van der Waals surface area contributed by atoms with Crippen LogP contribution in [0.25, 0.3) is 11.5 Å². The molecule has 2 aromatic heterocycles. The van der Waals surface area contributed by atoms with Crippen LogP contribution in [0.2, 0.25) is 5.02 Å². The van der Waals surface area contributed by atoms with E-state index in [0.29, 0.717) is 28.1 Å². The van der Waals surface area contributed by atoms with Gasteiger partial charge in [0.15, 0.2) is 0 Å². The first-order valence-electron chi connectivity index (χ1n) is 7.42. The summed E-state index contributed by atoms with van der Waals surface area (Å²) in [6.07, 6.45) is 3.26. The van der Waals surface area contributed by atoms with E-state index in [1.807, 2.05) is 13.8 Å². The number of amides is 1. The molecule has 0 unspecified atom stereocenters. The maximum atomic E-state index is 12.1. The number of nitrogens with one attached hydrogen (secondary N) is 1. The Morgan fingerprint density at radius 3 is 2.75 bits per heavy atom. The van der Waals surface area contributed by atoms with E-state index in [-0.39, 0.29) is 18.4 Å². The molecule has 3 aromatic rings. The Bertz CT molecular complexity index is 838. The number of nitrogens with zero attached hydrogens (tertiary/aromatic N) is 4. The lowest BCUT2D eigenvalue weighted by Gasteiger charge is -2.05. The molecule has 1 amide bonds.